The Morgan fingerprint density at radius 3 is 2.42 bits per heavy atom. The Kier molecular flexibility index (Phi) is 10.5. The number of rotatable bonds is 12. The predicted octanol–water partition coefficient (Wildman–Crippen LogP) is 9.02. The van der Waals surface area contributed by atoms with E-state index in [1.807, 2.05) is 0 Å². The lowest BCUT2D eigenvalue weighted by molar-refractivity contribution is -0.138. The molecular weight excluding hydrogens is 470 g/mol. The van der Waals surface area contributed by atoms with Gasteiger partial charge < -0.3 is 14.8 Å². The van der Waals surface area contributed by atoms with E-state index in [9.17, 15) is 4.79 Å². The van der Waals surface area contributed by atoms with Gasteiger partial charge in [-0.05, 0) is 116 Å². The van der Waals surface area contributed by atoms with Crippen LogP contribution in [0.5, 0.6) is 0 Å². The zero-order valence-electron chi connectivity index (χ0n) is 25.9. The number of unbranched alkanes of at least 4 members (excludes halogenated alkanes) is 1. The molecule has 9 atom stereocenters. The highest BCUT2D eigenvalue weighted by Crippen LogP contribution is 2.68. The van der Waals surface area contributed by atoms with Crippen LogP contribution in [0.1, 0.15) is 131 Å². The van der Waals surface area contributed by atoms with E-state index in [2.05, 4.69) is 46.9 Å². The molecule has 4 saturated carbocycles. The maximum Gasteiger partial charge on any atom is 0.407 e. The topological polar surface area (TPSA) is 47.6 Å². The lowest BCUT2D eigenvalue weighted by Crippen LogP contribution is -2.54. The van der Waals surface area contributed by atoms with E-state index in [0.29, 0.717) is 36.7 Å². The van der Waals surface area contributed by atoms with Crippen molar-refractivity contribution in [2.24, 2.45) is 52.3 Å². The van der Waals surface area contributed by atoms with Gasteiger partial charge >= 0.3 is 6.09 Å². The van der Waals surface area contributed by atoms with Gasteiger partial charge in [-0.1, -0.05) is 67.2 Å². The van der Waals surface area contributed by atoms with Crippen LogP contribution in [-0.2, 0) is 9.47 Å². The zero-order chi connectivity index (χ0) is 27.3. The van der Waals surface area contributed by atoms with Crippen molar-refractivity contribution >= 4 is 6.09 Å². The molecule has 4 nitrogen and oxygen atoms in total. The molecule has 0 unspecified atom stereocenters. The van der Waals surface area contributed by atoms with Gasteiger partial charge in [0, 0.05) is 6.54 Å². The predicted molar refractivity (Wildman–Crippen MR) is 157 cm³/mol. The van der Waals surface area contributed by atoms with Crippen LogP contribution in [0, 0.1) is 52.3 Å². The van der Waals surface area contributed by atoms with E-state index in [-0.39, 0.29) is 6.09 Å². The molecule has 1 N–H and O–H groups in total. The Labute approximate surface area is 235 Å². The number of nitrogens with one attached hydrogen (secondary N) is 1. The third-order valence-electron chi connectivity index (χ3n) is 12.3. The van der Waals surface area contributed by atoms with Crippen LogP contribution < -0.4 is 5.32 Å². The van der Waals surface area contributed by atoms with Crippen LogP contribution in [-0.4, -0.2) is 32.0 Å². The molecule has 220 valence electrons. The molecule has 4 fully saturated rings. The second-order valence-corrected chi connectivity index (χ2v) is 14.9. The standard InChI is InChI=1S/C34H61NO3/c1-7-8-20-35-32(36)38-22-21-37-27-16-18-33(5)26(23-27)12-13-28-30-15-14-29(25(4)11-9-10-24(2)3)34(30,6)19-17-31(28)33/h24-31H,7-23H2,1-6H3,(H,35,36)/t25-,26-,27-,28-,29+,30-,31-,33-,34+/m0/s1. The Hall–Kier alpha value is -0.770. The molecule has 4 aliphatic rings. The number of carbonyl (C=O) groups is 1. The number of ether oxygens (including phenoxy) is 2. The van der Waals surface area contributed by atoms with E-state index in [1.54, 1.807) is 0 Å². The summed E-state index contributed by atoms with van der Waals surface area (Å²) < 4.78 is 11.6. The second kappa shape index (κ2) is 13.3. The lowest BCUT2D eigenvalue weighted by atomic mass is 9.44. The average Bonchev–Trinajstić information content (AvgIpc) is 3.24. The fourth-order valence-electron chi connectivity index (χ4n) is 10.2. The molecule has 0 bridgehead atoms. The normalized spacial score (nSPS) is 39.2. The van der Waals surface area contributed by atoms with Crippen molar-refractivity contribution in [2.75, 3.05) is 19.8 Å². The van der Waals surface area contributed by atoms with Gasteiger partial charge in [0.15, 0.2) is 0 Å². The molecule has 4 aliphatic carbocycles. The van der Waals surface area contributed by atoms with E-state index < -0.39 is 0 Å². The number of hydrogen-bond donors (Lipinski definition) is 1. The monoisotopic (exact) mass is 531 g/mol. The molecule has 0 heterocycles. The maximum absolute atomic E-state index is 11.8. The molecule has 0 radical (unpaired) electrons. The molecule has 0 aliphatic heterocycles. The number of amides is 1. The van der Waals surface area contributed by atoms with Crippen molar-refractivity contribution in [3.63, 3.8) is 0 Å². The summed E-state index contributed by atoms with van der Waals surface area (Å²) >= 11 is 0. The summed E-state index contributed by atoms with van der Waals surface area (Å²) in [4.78, 5) is 11.8. The van der Waals surface area contributed by atoms with E-state index in [1.165, 1.54) is 77.0 Å². The first-order valence-electron chi connectivity index (χ1n) is 16.7. The maximum atomic E-state index is 11.8. The molecule has 4 rings (SSSR count). The van der Waals surface area contributed by atoms with Crippen LogP contribution in [0.25, 0.3) is 0 Å². The molecule has 0 spiro atoms. The van der Waals surface area contributed by atoms with Crippen molar-refractivity contribution in [1.29, 1.82) is 0 Å². The van der Waals surface area contributed by atoms with Crippen LogP contribution >= 0.6 is 0 Å². The highest BCUT2D eigenvalue weighted by Gasteiger charge is 2.60. The lowest BCUT2D eigenvalue weighted by Gasteiger charge is -2.61. The van der Waals surface area contributed by atoms with Gasteiger partial charge in [-0.15, -0.1) is 0 Å². The molecular formula is C34H61NO3. The van der Waals surface area contributed by atoms with Gasteiger partial charge in [-0.25, -0.2) is 4.79 Å². The third-order valence-corrected chi connectivity index (χ3v) is 12.3. The molecule has 38 heavy (non-hydrogen) atoms. The van der Waals surface area contributed by atoms with Gasteiger partial charge in [0.1, 0.15) is 6.61 Å². The fourth-order valence-corrected chi connectivity index (χ4v) is 10.2. The largest absolute Gasteiger partial charge is 0.447 e. The smallest absolute Gasteiger partial charge is 0.407 e. The van der Waals surface area contributed by atoms with Gasteiger partial charge in [0.2, 0.25) is 0 Å². The number of alkyl carbamates (subject to hydrolysis) is 1. The number of hydrogen-bond acceptors (Lipinski definition) is 3. The summed E-state index contributed by atoms with van der Waals surface area (Å²) in [6.07, 6.45) is 18.8. The van der Waals surface area contributed by atoms with Gasteiger partial charge in [-0.2, -0.15) is 0 Å². The van der Waals surface area contributed by atoms with Gasteiger partial charge in [-0.3, -0.25) is 0 Å². The minimum absolute atomic E-state index is 0.306. The van der Waals surface area contributed by atoms with Crippen molar-refractivity contribution in [2.45, 2.75) is 138 Å². The molecule has 4 heteroatoms. The van der Waals surface area contributed by atoms with Crippen LogP contribution in [0.15, 0.2) is 0 Å². The quantitative estimate of drug-likeness (QED) is 0.256. The minimum atomic E-state index is -0.306. The Balaban J connectivity index is 1.26. The van der Waals surface area contributed by atoms with Crippen molar-refractivity contribution < 1.29 is 14.3 Å². The first-order chi connectivity index (χ1) is 18.2. The Morgan fingerprint density at radius 1 is 0.895 bits per heavy atom. The highest BCUT2D eigenvalue weighted by molar-refractivity contribution is 5.66. The van der Waals surface area contributed by atoms with E-state index >= 15 is 0 Å². The van der Waals surface area contributed by atoms with Crippen LogP contribution in [0.3, 0.4) is 0 Å². The first-order valence-corrected chi connectivity index (χ1v) is 16.7. The number of carbonyl (C=O) groups excluding carboxylic acids is 1. The molecule has 0 saturated heterocycles. The van der Waals surface area contributed by atoms with Gasteiger partial charge in [0.25, 0.3) is 0 Å². The summed E-state index contributed by atoms with van der Waals surface area (Å²) in [6.45, 7) is 16.4. The average molecular weight is 532 g/mol. The van der Waals surface area contributed by atoms with Crippen LogP contribution in [0.4, 0.5) is 4.79 Å². The molecule has 1 amide bonds. The van der Waals surface area contributed by atoms with E-state index in [0.717, 1.165) is 54.3 Å². The second-order valence-electron chi connectivity index (χ2n) is 14.9. The zero-order valence-corrected chi connectivity index (χ0v) is 25.9. The summed E-state index contributed by atoms with van der Waals surface area (Å²) in [6, 6.07) is 0. The SMILES string of the molecule is CCCCNC(=O)OCCO[C@H]1CC[C@@]2(C)[C@@H](CC[C@@H]3[C@@H]2CC[C@]2(C)[C@@H]([C@@H](C)CCCC(C)C)CC[C@@H]32)C1. The third kappa shape index (κ3) is 6.58. The fraction of sp³-hybridized carbons (Fsp3) is 0.971. The summed E-state index contributed by atoms with van der Waals surface area (Å²) in [5, 5.41) is 2.81. The Bertz CT molecular complexity index is 754. The highest BCUT2D eigenvalue weighted by atomic mass is 16.6. The van der Waals surface area contributed by atoms with Gasteiger partial charge in [0.05, 0.1) is 12.7 Å². The van der Waals surface area contributed by atoms with Crippen LogP contribution in [0.2, 0.25) is 0 Å². The van der Waals surface area contributed by atoms with E-state index in [4.69, 9.17) is 9.47 Å². The van der Waals surface area contributed by atoms with Crippen molar-refractivity contribution in [1.82, 2.24) is 5.32 Å². The van der Waals surface area contributed by atoms with Crippen molar-refractivity contribution in [3.05, 3.63) is 0 Å². The summed E-state index contributed by atoms with van der Waals surface area (Å²) in [5.74, 6) is 6.34. The van der Waals surface area contributed by atoms with Crippen molar-refractivity contribution in [3.8, 4) is 0 Å². The molecule has 0 aromatic rings. The number of fused-ring (bicyclic) bond motifs is 5. The molecule has 0 aromatic carbocycles. The Morgan fingerprint density at radius 2 is 1.66 bits per heavy atom. The molecule has 0 aromatic heterocycles. The first kappa shape index (κ1) is 30.2. The minimum Gasteiger partial charge on any atom is -0.447 e. The summed E-state index contributed by atoms with van der Waals surface area (Å²) in [7, 11) is 0. The summed E-state index contributed by atoms with van der Waals surface area (Å²) in [5.41, 5.74) is 1.09.